The maximum atomic E-state index is 14.4. The smallest absolute Gasteiger partial charge is 0.352 e. The van der Waals surface area contributed by atoms with Crippen molar-refractivity contribution in [1.29, 1.82) is 0 Å². The van der Waals surface area contributed by atoms with Crippen molar-refractivity contribution in [3.05, 3.63) is 52.6 Å². The molecule has 0 aliphatic carbocycles. The van der Waals surface area contributed by atoms with Gasteiger partial charge >= 0.3 is 6.18 Å². The zero-order valence-corrected chi connectivity index (χ0v) is 14.5. The van der Waals surface area contributed by atoms with E-state index in [1.54, 1.807) is 6.07 Å². The number of hydrogen-bond acceptors (Lipinski definition) is 4. The molecule has 1 saturated heterocycles. The Labute approximate surface area is 153 Å². The van der Waals surface area contributed by atoms with E-state index in [0.29, 0.717) is 5.56 Å². The van der Waals surface area contributed by atoms with Crippen LogP contribution in [0.4, 0.5) is 23.5 Å². The third kappa shape index (κ3) is 4.24. The van der Waals surface area contributed by atoms with E-state index in [0.717, 1.165) is 38.2 Å². The molecule has 26 heavy (non-hydrogen) atoms. The van der Waals surface area contributed by atoms with E-state index >= 15 is 0 Å². The number of hydrogen-bond donors (Lipinski definition) is 1. The lowest BCUT2D eigenvalue weighted by atomic mass is 10.0. The molecule has 1 aliphatic heterocycles. The number of benzene rings is 1. The monoisotopic (exact) mass is 388 g/mol. The first-order valence-electron chi connectivity index (χ1n) is 8.18. The topological polar surface area (TPSA) is 41.1 Å². The average Bonchev–Trinajstić information content (AvgIpc) is 3.11. The first-order chi connectivity index (χ1) is 12.4. The van der Waals surface area contributed by atoms with Gasteiger partial charge in [0, 0.05) is 23.3 Å². The van der Waals surface area contributed by atoms with Gasteiger partial charge in [-0.3, -0.25) is 4.90 Å². The van der Waals surface area contributed by atoms with Crippen molar-refractivity contribution in [2.75, 3.05) is 25.0 Å². The molecule has 3 rings (SSSR count). The zero-order chi connectivity index (χ0) is 18.7. The minimum absolute atomic E-state index is 0.141. The second kappa shape index (κ2) is 7.75. The number of alkyl halides is 3. The van der Waals surface area contributed by atoms with Crippen molar-refractivity contribution in [3.63, 3.8) is 0 Å². The molecule has 1 aromatic heterocycles. The van der Waals surface area contributed by atoms with Crippen molar-refractivity contribution in [3.8, 4) is 0 Å². The zero-order valence-electron chi connectivity index (χ0n) is 13.7. The molecule has 0 amide bonds. The van der Waals surface area contributed by atoms with Gasteiger partial charge in [-0.05, 0) is 44.1 Å². The van der Waals surface area contributed by atoms with Crippen molar-refractivity contribution < 1.29 is 17.6 Å². The molecule has 2 heterocycles. The van der Waals surface area contributed by atoms with Gasteiger partial charge in [-0.25, -0.2) is 14.4 Å². The number of aromatic nitrogens is 2. The molecule has 9 heteroatoms. The SMILES string of the molecule is Fc1cccc(Cl)c1[C@@H](CNc1nccc(C(F)(F)F)n1)N1CCCC1. The molecule has 0 bridgehead atoms. The molecule has 1 N–H and O–H groups in total. The third-order valence-electron chi connectivity index (χ3n) is 4.31. The van der Waals surface area contributed by atoms with Crippen molar-refractivity contribution in [1.82, 2.24) is 14.9 Å². The lowest BCUT2D eigenvalue weighted by Crippen LogP contribution is -2.32. The fraction of sp³-hybridized carbons (Fsp3) is 0.412. The Balaban J connectivity index is 1.83. The van der Waals surface area contributed by atoms with E-state index in [-0.39, 0.29) is 17.5 Å². The third-order valence-corrected chi connectivity index (χ3v) is 4.64. The first kappa shape index (κ1) is 18.8. The van der Waals surface area contributed by atoms with E-state index < -0.39 is 23.7 Å². The Bertz CT molecular complexity index is 742. The van der Waals surface area contributed by atoms with Crippen LogP contribution in [-0.4, -0.2) is 34.5 Å². The van der Waals surface area contributed by atoms with Crippen LogP contribution < -0.4 is 5.32 Å². The maximum absolute atomic E-state index is 14.4. The highest BCUT2D eigenvalue weighted by Crippen LogP contribution is 2.33. The van der Waals surface area contributed by atoms with Crippen LogP contribution in [0.15, 0.2) is 30.5 Å². The van der Waals surface area contributed by atoms with Crippen LogP contribution in [0.25, 0.3) is 0 Å². The quantitative estimate of drug-likeness (QED) is 0.764. The summed E-state index contributed by atoms with van der Waals surface area (Å²) >= 11 is 6.20. The second-order valence-corrected chi connectivity index (χ2v) is 6.45. The summed E-state index contributed by atoms with van der Waals surface area (Å²) in [6.45, 7) is 1.67. The molecule has 0 saturated carbocycles. The molecule has 1 atom stereocenters. The Morgan fingerprint density at radius 2 is 1.92 bits per heavy atom. The van der Waals surface area contributed by atoms with Gasteiger partial charge in [0.15, 0.2) is 0 Å². The molecule has 0 radical (unpaired) electrons. The van der Waals surface area contributed by atoms with E-state index in [1.807, 2.05) is 0 Å². The minimum Gasteiger partial charge on any atom is -0.352 e. The number of nitrogens with zero attached hydrogens (tertiary/aromatic N) is 3. The van der Waals surface area contributed by atoms with Crippen molar-refractivity contribution >= 4 is 17.5 Å². The summed E-state index contributed by atoms with van der Waals surface area (Å²) in [6, 6.07) is 4.82. The Morgan fingerprint density at radius 1 is 1.19 bits per heavy atom. The highest BCUT2D eigenvalue weighted by molar-refractivity contribution is 6.31. The standard InChI is InChI=1S/C17H17ClF4N4/c18-11-4-3-5-12(19)15(11)13(26-8-1-2-9-26)10-24-16-23-7-6-14(25-16)17(20,21)22/h3-7,13H,1-2,8-10H2,(H,23,24,25)/t13-/m1/s1. The summed E-state index contributed by atoms with van der Waals surface area (Å²) in [5, 5.41) is 3.08. The highest BCUT2D eigenvalue weighted by Gasteiger charge is 2.33. The summed E-state index contributed by atoms with van der Waals surface area (Å²) < 4.78 is 52.8. The summed E-state index contributed by atoms with van der Waals surface area (Å²) in [7, 11) is 0. The number of likely N-dealkylation sites (tertiary alicyclic amines) is 1. The van der Waals surface area contributed by atoms with E-state index in [4.69, 9.17) is 11.6 Å². The van der Waals surface area contributed by atoms with Crippen LogP contribution >= 0.6 is 11.6 Å². The second-order valence-electron chi connectivity index (χ2n) is 6.04. The largest absolute Gasteiger partial charge is 0.433 e. The molecule has 1 aliphatic rings. The van der Waals surface area contributed by atoms with Crippen LogP contribution in [0.1, 0.15) is 30.1 Å². The van der Waals surface area contributed by atoms with Crippen LogP contribution in [0, 0.1) is 5.82 Å². The number of nitrogens with one attached hydrogen (secondary N) is 1. The Hall–Kier alpha value is -1.93. The van der Waals surface area contributed by atoms with E-state index in [9.17, 15) is 17.6 Å². The molecule has 2 aromatic rings. The summed E-state index contributed by atoms with van der Waals surface area (Å²) in [6.07, 6.45) is -1.56. The Kier molecular flexibility index (Phi) is 5.62. The Morgan fingerprint density at radius 3 is 2.58 bits per heavy atom. The van der Waals surface area contributed by atoms with Gasteiger partial charge in [-0.15, -0.1) is 0 Å². The molecule has 1 aromatic carbocycles. The normalized spacial score (nSPS) is 16.7. The van der Waals surface area contributed by atoms with Crippen LogP contribution in [-0.2, 0) is 6.18 Å². The van der Waals surface area contributed by atoms with E-state index in [1.165, 1.54) is 12.1 Å². The predicted octanol–water partition coefficient (Wildman–Crippen LogP) is 4.54. The van der Waals surface area contributed by atoms with E-state index in [2.05, 4.69) is 20.2 Å². The van der Waals surface area contributed by atoms with Crippen molar-refractivity contribution in [2.24, 2.45) is 0 Å². The predicted molar refractivity (Wildman–Crippen MR) is 90.5 cm³/mol. The fourth-order valence-electron chi connectivity index (χ4n) is 3.09. The van der Waals surface area contributed by atoms with Crippen LogP contribution in [0.2, 0.25) is 5.02 Å². The van der Waals surface area contributed by atoms with Crippen LogP contribution in [0.5, 0.6) is 0 Å². The van der Waals surface area contributed by atoms with Crippen LogP contribution in [0.3, 0.4) is 0 Å². The number of halogens is 5. The summed E-state index contributed by atoms with van der Waals surface area (Å²) in [4.78, 5) is 9.37. The maximum Gasteiger partial charge on any atom is 0.433 e. The van der Waals surface area contributed by atoms with Gasteiger partial charge < -0.3 is 5.32 Å². The van der Waals surface area contributed by atoms with Gasteiger partial charge in [0.1, 0.15) is 11.5 Å². The lowest BCUT2D eigenvalue weighted by Gasteiger charge is -2.29. The van der Waals surface area contributed by atoms with Crippen molar-refractivity contribution in [2.45, 2.75) is 25.1 Å². The lowest BCUT2D eigenvalue weighted by molar-refractivity contribution is -0.141. The van der Waals surface area contributed by atoms with Gasteiger partial charge in [0.25, 0.3) is 0 Å². The summed E-state index contributed by atoms with van der Waals surface area (Å²) in [5.41, 5.74) is -0.702. The summed E-state index contributed by atoms with van der Waals surface area (Å²) in [5.74, 6) is -0.599. The average molecular weight is 389 g/mol. The molecule has 0 unspecified atom stereocenters. The van der Waals surface area contributed by atoms with Gasteiger partial charge in [0.2, 0.25) is 5.95 Å². The molecular weight excluding hydrogens is 372 g/mol. The molecule has 140 valence electrons. The minimum atomic E-state index is -4.55. The highest BCUT2D eigenvalue weighted by atomic mass is 35.5. The van der Waals surface area contributed by atoms with Gasteiger partial charge in [0.05, 0.1) is 6.04 Å². The fourth-order valence-corrected chi connectivity index (χ4v) is 3.37. The van der Waals surface area contributed by atoms with Gasteiger partial charge in [-0.1, -0.05) is 17.7 Å². The molecule has 4 nitrogen and oxygen atoms in total. The first-order valence-corrected chi connectivity index (χ1v) is 8.56. The number of rotatable bonds is 5. The number of anilines is 1. The van der Waals surface area contributed by atoms with Gasteiger partial charge in [-0.2, -0.15) is 13.2 Å². The molecule has 0 spiro atoms. The molecule has 1 fully saturated rings. The molecular formula is C17H17ClF4N4.